The lowest BCUT2D eigenvalue weighted by Crippen LogP contribution is -2.23. The first-order valence-electron chi connectivity index (χ1n) is 8.13. The van der Waals surface area contributed by atoms with Crippen LogP contribution in [0.3, 0.4) is 0 Å². The number of amides is 1. The van der Waals surface area contributed by atoms with Gasteiger partial charge in [0.1, 0.15) is 11.6 Å². The molecule has 1 unspecified atom stereocenters. The maximum Gasteiger partial charge on any atom is 0.237 e. The zero-order valence-electron chi connectivity index (χ0n) is 14.9. The molecule has 1 N–H and O–H groups in total. The van der Waals surface area contributed by atoms with Crippen molar-refractivity contribution in [1.29, 1.82) is 0 Å². The molecule has 0 saturated carbocycles. The largest absolute Gasteiger partial charge is 0.323 e. The smallest absolute Gasteiger partial charge is 0.237 e. The maximum absolute atomic E-state index is 13.7. The standard InChI is InChI=1S/C18H17F2N5OS/c1-10-4-7-16(11(2)8-10)25-18(22-23-24-25)27-12(3)17(26)21-15-6-5-13(19)9-14(15)20/h4-9,12H,1-3H3,(H,21,26). The molecule has 0 fully saturated rings. The van der Waals surface area contributed by atoms with Gasteiger partial charge in [0.05, 0.1) is 16.6 Å². The zero-order chi connectivity index (χ0) is 19.6. The minimum absolute atomic E-state index is 0.0807. The summed E-state index contributed by atoms with van der Waals surface area (Å²) in [4.78, 5) is 12.4. The monoisotopic (exact) mass is 389 g/mol. The quantitative estimate of drug-likeness (QED) is 0.674. The van der Waals surface area contributed by atoms with E-state index >= 15 is 0 Å². The third-order valence-electron chi connectivity index (χ3n) is 3.86. The molecule has 0 spiro atoms. The van der Waals surface area contributed by atoms with Crippen LogP contribution in [0.25, 0.3) is 5.69 Å². The highest BCUT2D eigenvalue weighted by atomic mass is 32.2. The molecule has 1 amide bonds. The minimum Gasteiger partial charge on any atom is -0.323 e. The number of benzene rings is 2. The number of aryl methyl sites for hydroxylation is 2. The number of halogens is 2. The molecule has 0 bridgehead atoms. The van der Waals surface area contributed by atoms with Crippen molar-refractivity contribution in [2.75, 3.05) is 5.32 Å². The second-order valence-electron chi connectivity index (χ2n) is 6.04. The Bertz CT molecular complexity index is 992. The summed E-state index contributed by atoms with van der Waals surface area (Å²) in [5.74, 6) is -1.98. The van der Waals surface area contributed by atoms with Crippen molar-refractivity contribution in [3.05, 3.63) is 59.2 Å². The molecule has 0 aliphatic rings. The fraction of sp³-hybridized carbons (Fsp3) is 0.222. The van der Waals surface area contributed by atoms with Crippen LogP contribution in [0, 0.1) is 25.5 Å². The van der Waals surface area contributed by atoms with Gasteiger partial charge in [-0.25, -0.2) is 8.78 Å². The van der Waals surface area contributed by atoms with E-state index in [-0.39, 0.29) is 5.69 Å². The van der Waals surface area contributed by atoms with Crippen molar-refractivity contribution in [2.45, 2.75) is 31.2 Å². The molecule has 9 heteroatoms. The van der Waals surface area contributed by atoms with Gasteiger partial charge in [0.2, 0.25) is 11.1 Å². The number of aromatic nitrogens is 4. The van der Waals surface area contributed by atoms with Crippen molar-refractivity contribution >= 4 is 23.4 Å². The molecule has 0 radical (unpaired) electrons. The predicted molar refractivity (Wildman–Crippen MR) is 98.9 cm³/mol. The summed E-state index contributed by atoms with van der Waals surface area (Å²) in [5, 5.41) is 13.9. The molecular weight excluding hydrogens is 372 g/mol. The molecule has 1 heterocycles. The molecule has 140 valence electrons. The molecule has 3 rings (SSSR count). The van der Waals surface area contributed by atoms with Crippen molar-refractivity contribution in [1.82, 2.24) is 20.2 Å². The molecule has 3 aromatic rings. The molecule has 1 aromatic heterocycles. The van der Waals surface area contributed by atoms with Crippen molar-refractivity contribution in [3.63, 3.8) is 0 Å². The van der Waals surface area contributed by atoms with Gasteiger partial charge in [-0.15, -0.1) is 5.10 Å². The van der Waals surface area contributed by atoms with Crippen LogP contribution in [0.15, 0.2) is 41.6 Å². The highest BCUT2D eigenvalue weighted by Gasteiger charge is 2.21. The number of nitrogens with one attached hydrogen (secondary N) is 1. The summed E-state index contributed by atoms with van der Waals surface area (Å²) in [6.07, 6.45) is 0. The third-order valence-corrected chi connectivity index (χ3v) is 4.89. The van der Waals surface area contributed by atoms with Gasteiger partial charge in [0.15, 0.2) is 0 Å². The van der Waals surface area contributed by atoms with E-state index in [1.54, 1.807) is 11.6 Å². The summed E-state index contributed by atoms with van der Waals surface area (Å²) < 4.78 is 28.3. The lowest BCUT2D eigenvalue weighted by Gasteiger charge is -2.13. The number of tetrazole rings is 1. The fourth-order valence-electron chi connectivity index (χ4n) is 2.48. The Kier molecular flexibility index (Phi) is 5.50. The highest BCUT2D eigenvalue weighted by molar-refractivity contribution is 8.00. The lowest BCUT2D eigenvalue weighted by atomic mass is 10.1. The SMILES string of the molecule is Cc1ccc(-n2nnnc2SC(C)C(=O)Nc2ccc(F)cc2F)c(C)c1. The minimum atomic E-state index is -0.833. The zero-order valence-corrected chi connectivity index (χ0v) is 15.7. The Morgan fingerprint density at radius 3 is 2.67 bits per heavy atom. The number of carbonyl (C=O) groups is 1. The Labute approximate surface area is 159 Å². The van der Waals surface area contributed by atoms with E-state index in [1.807, 2.05) is 32.0 Å². The topological polar surface area (TPSA) is 72.7 Å². The van der Waals surface area contributed by atoms with Crippen LogP contribution in [0.2, 0.25) is 0 Å². The Morgan fingerprint density at radius 2 is 1.96 bits per heavy atom. The molecule has 6 nitrogen and oxygen atoms in total. The van der Waals surface area contributed by atoms with E-state index in [0.29, 0.717) is 11.2 Å². The van der Waals surface area contributed by atoms with Gasteiger partial charge in [-0.3, -0.25) is 4.79 Å². The van der Waals surface area contributed by atoms with Gasteiger partial charge >= 0.3 is 0 Å². The summed E-state index contributed by atoms with van der Waals surface area (Å²) in [6, 6.07) is 8.85. The van der Waals surface area contributed by atoms with Crippen molar-refractivity contribution < 1.29 is 13.6 Å². The number of hydrogen-bond donors (Lipinski definition) is 1. The maximum atomic E-state index is 13.7. The van der Waals surface area contributed by atoms with E-state index in [2.05, 4.69) is 20.8 Å². The Balaban J connectivity index is 1.76. The average molecular weight is 389 g/mol. The number of carbonyl (C=O) groups excluding carboxylic acids is 1. The third kappa shape index (κ3) is 4.30. The Morgan fingerprint density at radius 1 is 1.19 bits per heavy atom. The first-order chi connectivity index (χ1) is 12.8. The predicted octanol–water partition coefficient (Wildman–Crippen LogP) is 3.68. The first-order valence-corrected chi connectivity index (χ1v) is 9.01. The van der Waals surface area contributed by atoms with E-state index in [0.717, 1.165) is 34.6 Å². The number of rotatable bonds is 5. The Hall–Kier alpha value is -2.81. The van der Waals surface area contributed by atoms with E-state index in [4.69, 9.17) is 0 Å². The van der Waals surface area contributed by atoms with E-state index in [9.17, 15) is 13.6 Å². The number of thioether (sulfide) groups is 1. The van der Waals surface area contributed by atoms with Crippen LogP contribution in [0.4, 0.5) is 14.5 Å². The summed E-state index contributed by atoms with van der Waals surface area (Å²) in [7, 11) is 0. The molecular formula is C18H17F2N5OS. The molecule has 27 heavy (non-hydrogen) atoms. The molecule has 1 atom stereocenters. The fourth-order valence-corrected chi connectivity index (χ4v) is 3.28. The molecule has 0 aliphatic carbocycles. The van der Waals surface area contributed by atoms with Crippen molar-refractivity contribution in [2.24, 2.45) is 0 Å². The normalized spacial score (nSPS) is 12.0. The highest BCUT2D eigenvalue weighted by Crippen LogP contribution is 2.26. The van der Waals surface area contributed by atoms with Gasteiger partial charge < -0.3 is 5.32 Å². The number of anilines is 1. The van der Waals surface area contributed by atoms with E-state index < -0.39 is 22.8 Å². The lowest BCUT2D eigenvalue weighted by molar-refractivity contribution is -0.115. The van der Waals surface area contributed by atoms with Crippen LogP contribution < -0.4 is 5.32 Å². The second kappa shape index (κ2) is 7.83. The van der Waals surface area contributed by atoms with Crippen molar-refractivity contribution in [3.8, 4) is 5.69 Å². The molecule has 2 aromatic carbocycles. The average Bonchev–Trinajstić information content (AvgIpc) is 3.05. The number of nitrogens with zero attached hydrogens (tertiary/aromatic N) is 4. The number of hydrogen-bond acceptors (Lipinski definition) is 5. The van der Waals surface area contributed by atoms with Gasteiger partial charge in [-0.2, -0.15) is 4.68 Å². The summed E-state index contributed by atoms with van der Waals surface area (Å²) in [6.45, 7) is 5.60. The second-order valence-corrected chi connectivity index (χ2v) is 7.34. The van der Waals surface area contributed by atoms with E-state index in [1.165, 1.54) is 6.07 Å². The van der Waals surface area contributed by atoms with Gasteiger partial charge in [0, 0.05) is 6.07 Å². The van der Waals surface area contributed by atoms with Crippen LogP contribution in [0.1, 0.15) is 18.1 Å². The first kappa shape index (κ1) is 19.0. The van der Waals surface area contributed by atoms with Gasteiger partial charge in [-0.1, -0.05) is 29.5 Å². The van der Waals surface area contributed by atoms with Crippen LogP contribution in [0.5, 0.6) is 0 Å². The van der Waals surface area contributed by atoms with Gasteiger partial charge in [-0.05, 0) is 55.0 Å². The van der Waals surface area contributed by atoms with Crippen LogP contribution >= 0.6 is 11.8 Å². The summed E-state index contributed by atoms with van der Waals surface area (Å²) >= 11 is 1.14. The summed E-state index contributed by atoms with van der Waals surface area (Å²) in [5.41, 5.74) is 2.84. The van der Waals surface area contributed by atoms with Crippen LogP contribution in [-0.4, -0.2) is 31.4 Å². The van der Waals surface area contributed by atoms with Crippen LogP contribution in [-0.2, 0) is 4.79 Å². The molecule has 0 saturated heterocycles. The van der Waals surface area contributed by atoms with Gasteiger partial charge in [0.25, 0.3) is 0 Å². The molecule has 0 aliphatic heterocycles.